The van der Waals surface area contributed by atoms with Crippen molar-refractivity contribution in [2.45, 2.75) is 44.2 Å². The van der Waals surface area contributed by atoms with Crippen LogP contribution in [0.5, 0.6) is 0 Å². The van der Waals surface area contributed by atoms with Crippen molar-refractivity contribution >= 4 is 11.7 Å². The van der Waals surface area contributed by atoms with Crippen LogP contribution in [0.25, 0.3) is 0 Å². The summed E-state index contributed by atoms with van der Waals surface area (Å²) in [6, 6.07) is 10.5. The van der Waals surface area contributed by atoms with E-state index in [0.29, 0.717) is 12.6 Å². The minimum absolute atomic E-state index is 0.0549. The lowest BCUT2D eigenvalue weighted by Gasteiger charge is -2.23. The summed E-state index contributed by atoms with van der Waals surface area (Å²) in [6.45, 7) is 3.42. The number of para-hydroxylation sites is 1. The maximum absolute atomic E-state index is 12.0. The van der Waals surface area contributed by atoms with Crippen molar-refractivity contribution in [3.05, 3.63) is 30.3 Å². The van der Waals surface area contributed by atoms with E-state index in [9.17, 15) is 4.79 Å². The van der Waals surface area contributed by atoms with E-state index in [2.05, 4.69) is 39.8 Å². The number of urea groups is 1. The SMILES string of the molecule is O=C(NCC[C@@H]1CCCCO1)N[C@@H]1CCN(c2ccccc2)C1. The minimum atomic E-state index is -0.0549. The van der Waals surface area contributed by atoms with Crippen LogP contribution in [0.2, 0.25) is 0 Å². The average Bonchev–Trinajstić information content (AvgIpc) is 3.05. The van der Waals surface area contributed by atoms with Gasteiger partial charge in [-0.1, -0.05) is 18.2 Å². The summed E-state index contributed by atoms with van der Waals surface area (Å²) in [5.74, 6) is 0. The third-order valence-corrected chi connectivity index (χ3v) is 4.67. The average molecular weight is 317 g/mol. The van der Waals surface area contributed by atoms with Crippen LogP contribution in [0.3, 0.4) is 0 Å². The second kappa shape index (κ2) is 8.20. The van der Waals surface area contributed by atoms with Crippen LogP contribution in [0.4, 0.5) is 10.5 Å². The summed E-state index contributed by atoms with van der Waals surface area (Å²) < 4.78 is 5.68. The van der Waals surface area contributed by atoms with Gasteiger partial charge in [0.1, 0.15) is 0 Å². The molecule has 1 aromatic rings. The predicted molar refractivity (Wildman–Crippen MR) is 91.8 cm³/mol. The number of anilines is 1. The Hall–Kier alpha value is -1.75. The topological polar surface area (TPSA) is 53.6 Å². The molecule has 2 atom stereocenters. The van der Waals surface area contributed by atoms with Gasteiger partial charge in [-0.2, -0.15) is 0 Å². The first kappa shape index (κ1) is 16.1. The Labute approximate surface area is 138 Å². The quantitative estimate of drug-likeness (QED) is 0.877. The molecule has 0 radical (unpaired) electrons. The van der Waals surface area contributed by atoms with Crippen molar-refractivity contribution in [3.8, 4) is 0 Å². The van der Waals surface area contributed by atoms with E-state index in [0.717, 1.165) is 39.0 Å². The molecule has 0 saturated carbocycles. The first-order chi connectivity index (χ1) is 11.3. The van der Waals surface area contributed by atoms with Crippen molar-refractivity contribution in [2.75, 3.05) is 31.1 Å². The van der Waals surface area contributed by atoms with Crippen molar-refractivity contribution in [1.29, 1.82) is 0 Å². The van der Waals surface area contributed by atoms with Crippen molar-refractivity contribution < 1.29 is 9.53 Å². The van der Waals surface area contributed by atoms with Crippen LogP contribution in [0.15, 0.2) is 30.3 Å². The number of nitrogens with one attached hydrogen (secondary N) is 2. The monoisotopic (exact) mass is 317 g/mol. The van der Waals surface area contributed by atoms with Gasteiger partial charge in [0.05, 0.1) is 6.10 Å². The molecule has 0 spiro atoms. The molecule has 2 amide bonds. The molecule has 2 aliphatic rings. The Balaban J connectivity index is 1.34. The van der Waals surface area contributed by atoms with Crippen molar-refractivity contribution in [1.82, 2.24) is 10.6 Å². The maximum Gasteiger partial charge on any atom is 0.315 e. The molecule has 5 nitrogen and oxygen atoms in total. The molecule has 0 aromatic heterocycles. The Morgan fingerprint density at radius 1 is 1.22 bits per heavy atom. The lowest BCUT2D eigenvalue weighted by atomic mass is 10.1. The Bertz CT molecular complexity index is 488. The summed E-state index contributed by atoms with van der Waals surface area (Å²) in [6.07, 6.45) is 5.77. The normalized spacial score (nSPS) is 24.4. The molecule has 0 unspecified atom stereocenters. The lowest BCUT2D eigenvalue weighted by molar-refractivity contribution is 0.0120. The molecule has 5 heteroatoms. The van der Waals surface area contributed by atoms with Gasteiger partial charge in [0, 0.05) is 38.0 Å². The largest absolute Gasteiger partial charge is 0.378 e. The molecule has 2 N–H and O–H groups in total. The number of ether oxygens (including phenoxy) is 1. The first-order valence-electron chi connectivity index (χ1n) is 8.77. The van der Waals surface area contributed by atoms with Crippen molar-refractivity contribution in [2.24, 2.45) is 0 Å². The summed E-state index contributed by atoms with van der Waals surface area (Å²) in [4.78, 5) is 14.3. The Kier molecular flexibility index (Phi) is 5.75. The highest BCUT2D eigenvalue weighted by atomic mass is 16.5. The fourth-order valence-corrected chi connectivity index (χ4v) is 3.37. The van der Waals surface area contributed by atoms with E-state index in [1.807, 2.05) is 6.07 Å². The molecule has 1 aromatic carbocycles. The van der Waals surface area contributed by atoms with Gasteiger partial charge in [-0.05, 0) is 44.2 Å². The second-order valence-electron chi connectivity index (χ2n) is 6.44. The van der Waals surface area contributed by atoms with Crippen LogP contribution >= 0.6 is 0 Å². The maximum atomic E-state index is 12.0. The predicted octanol–water partition coefficient (Wildman–Crippen LogP) is 2.52. The summed E-state index contributed by atoms with van der Waals surface area (Å²) in [5.41, 5.74) is 1.23. The molecule has 23 heavy (non-hydrogen) atoms. The summed E-state index contributed by atoms with van der Waals surface area (Å²) in [7, 11) is 0. The van der Waals surface area contributed by atoms with Gasteiger partial charge in [-0.15, -0.1) is 0 Å². The summed E-state index contributed by atoms with van der Waals surface area (Å²) in [5, 5.41) is 6.05. The third-order valence-electron chi connectivity index (χ3n) is 4.67. The zero-order valence-electron chi connectivity index (χ0n) is 13.7. The standard InChI is InChI=1S/C18H27N3O2/c22-18(19-11-9-17-8-4-5-13-23-17)20-15-10-12-21(14-15)16-6-2-1-3-7-16/h1-3,6-7,15,17H,4-5,8-14H2,(H2,19,20,22)/t15-,17+/m1/s1. The van der Waals surface area contributed by atoms with E-state index in [-0.39, 0.29) is 12.1 Å². The number of carbonyl (C=O) groups excluding carboxylic acids is 1. The molecular formula is C18H27N3O2. The number of nitrogens with zero attached hydrogens (tertiary/aromatic N) is 1. The molecule has 3 rings (SSSR count). The summed E-state index contributed by atoms with van der Waals surface area (Å²) >= 11 is 0. The van der Waals surface area contributed by atoms with Gasteiger partial charge < -0.3 is 20.3 Å². The second-order valence-corrected chi connectivity index (χ2v) is 6.44. The van der Waals surface area contributed by atoms with Crippen LogP contribution in [-0.2, 0) is 4.74 Å². The van der Waals surface area contributed by atoms with E-state index in [1.54, 1.807) is 0 Å². The lowest BCUT2D eigenvalue weighted by Crippen LogP contribution is -2.44. The molecule has 126 valence electrons. The number of benzene rings is 1. The fraction of sp³-hybridized carbons (Fsp3) is 0.611. The first-order valence-corrected chi connectivity index (χ1v) is 8.77. The number of amides is 2. The van der Waals surface area contributed by atoms with Gasteiger partial charge in [-0.25, -0.2) is 4.79 Å². The minimum Gasteiger partial charge on any atom is -0.378 e. The fourth-order valence-electron chi connectivity index (χ4n) is 3.37. The van der Waals surface area contributed by atoms with Gasteiger partial charge in [0.15, 0.2) is 0 Å². The molecule has 2 fully saturated rings. The van der Waals surface area contributed by atoms with E-state index in [4.69, 9.17) is 4.74 Å². The van der Waals surface area contributed by atoms with E-state index < -0.39 is 0 Å². The van der Waals surface area contributed by atoms with Gasteiger partial charge in [0.25, 0.3) is 0 Å². The molecule has 0 aliphatic carbocycles. The number of carbonyl (C=O) groups is 1. The highest BCUT2D eigenvalue weighted by molar-refractivity contribution is 5.74. The van der Waals surface area contributed by atoms with Crippen molar-refractivity contribution in [3.63, 3.8) is 0 Å². The molecule has 0 bridgehead atoms. The molecular weight excluding hydrogens is 290 g/mol. The zero-order chi connectivity index (χ0) is 15.9. The third kappa shape index (κ3) is 4.86. The van der Waals surface area contributed by atoms with Gasteiger partial charge in [0.2, 0.25) is 0 Å². The molecule has 2 aliphatic heterocycles. The zero-order valence-corrected chi connectivity index (χ0v) is 13.7. The van der Waals surface area contributed by atoms with Gasteiger partial charge in [-0.3, -0.25) is 0 Å². The number of rotatable bonds is 5. The van der Waals surface area contributed by atoms with E-state index in [1.165, 1.54) is 18.5 Å². The molecule has 2 heterocycles. The highest BCUT2D eigenvalue weighted by Crippen LogP contribution is 2.19. The molecule has 2 saturated heterocycles. The smallest absolute Gasteiger partial charge is 0.315 e. The van der Waals surface area contributed by atoms with Crippen LogP contribution in [-0.4, -0.2) is 44.4 Å². The van der Waals surface area contributed by atoms with Crippen LogP contribution in [0, 0.1) is 0 Å². The van der Waals surface area contributed by atoms with E-state index >= 15 is 0 Å². The van der Waals surface area contributed by atoms with Crippen LogP contribution in [0.1, 0.15) is 32.1 Å². The number of hydrogen-bond donors (Lipinski definition) is 2. The Morgan fingerprint density at radius 2 is 2.09 bits per heavy atom. The van der Waals surface area contributed by atoms with Gasteiger partial charge >= 0.3 is 6.03 Å². The highest BCUT2D eigenvalue weighted by Gasteiger charge is 2.24. The Morgan fingerprint density at radius 3 is 2.87 bits per heavy atom. The number of hydrogen-bond acceptors (Lipinski definition) is 3. The van der Waals surface area contributed by atoms with Crippen LogP contribution < -0.4 is 15.5 Å².